The number of carbonyl (C=O) groups excluding carboxylic acids is 2. The Morgan fingerprint density at radius 1 is 0.903 bits per heavy atom. The van der Waals surface area contributed by atoms with Gasteiger partial charge in [-0.05, 0) is 54.1 Å². The molecule has 0 atom stereocenters. The van der Waals surface area contributed by atoms with Crippen LogP contribution in [0.25, 0.3) is 0 Å². The molecule has 3 aromatic rings. The molecule has 3 aromatic carbocycles. The molecular weight excluding hydrogens is 459 g/mol. The van der Waals surface area contributed by atoms with Gasteiger partial charge in [-0.3, -0.25) is 9.59 Å². The molecule has 6 nitrogen and oxygen atoms in total. The third kappa shape index (κ3) is 6.30. The van der Waals surface area contributed by atoms with Crippen LogP contribution in [0.1, 0.15) is 15.9 Å². The molecule has 0 fully saturated rings. The van der Waals surface area contributed by atoms with E-state index in [9.17, 15) is 18.0 Å². The number of anilines is 2. The van der Waals surface area contributed by atoms with Crippen molar-refractivity contribution in [2.24, 2.45) is 0 Å². The molecule has 9 heteroatoms. The minimum Gasteiger partial charge on any atom is -0.326 e. The van der Waals surface area contributed by atoms with Crippen LogP contribution in [0, 0.1) is 0 Å². The van der Waals surface area contributed by atoms with E-state index in [-0.39, 0.29) is 27.8 Å². The summed E-state index contributed by atoms with van der Waals surface area (Å²) < 4.78 is 23.4. The summed E-state index contributed by atoms with van der Waals surface area (Å²) in [6, 6.07) is 17.4. The first-order chi connectivity index (χ1) is 14.6. The lowest BCUT2D eigenvalue weighted by Crippen LogP contribution is -2.15. The van der Waals surface area contributed by atoms with Crippen molar-refractivity contribution >= 4 is 56.2 Å². The lowest BCUT2D eigenvalue weighted by Gasteiger charge is -2.11. The summed E-state index contributed by atoms with van der Waals surface area (Å²) >= 11 is 12.2. The van der Waals surface area contributed by atoms with E-state index in [4.69, 9.17) is 23.2 Å². The van der Waals surface area contributed by atoms with E-state index in [1.54, 1.807) is 36.4 Å². The monoisotopic (exact) mass is 476 g/mol. The van der Waals surface area contributed by atoms with Crippen molar-refractivity contribution in [3.8, 4) is 0 Å². The Balaban J connectivity index is 1.68. The first-order valence-electron chi connectivity index (χ1n) is 9.07. The van der Waals surface area contributed by atoms with Crippen LogP contribution in [-0.2, 0) is 21.1 Å². The fourth-order valence-electron chi connectivity index (χ4n) is 2.79. The highest BCUT2D eigenvalue weighted by molar-refractivity contribution is 7.90. The van der Waals surface area contributed by atoms with Gasteiger partial charge in [0.05, 0.1) is 22.0 Å². The van der Waals surface area contributed by atoms with Gasteiger partial charge in [0.15, 0.2) is 9.84 Å². The van der Waals surface area contributed by atoms with Crippen molar-refractivity contribution in [2.75, 3.05) is 16.9 Å². The lowest BCUT2D eigenvalue weighted by atomic mass is 10.1. The third-order valence-electron chi connectivity index (χ3n) is 4.28. The molecule has 0 aromatic heterocycles. The summed E-state index contributed by atoms with van der Waals surface area (Å²) in [6.07, 6.45) is 1.22. The molecule has 0 saturated heterocycles. The van der Waals surface area contributed by atoms with E-state index in [2.05, 4.69) is 10.6 Å². The summed E-state index contributed by atoms with van der Waals surface area (Å²) in [5, 5.41) is 6.15. The Labute approximate surface area is 190 Å². The van der Waals surface area contributed by atoms with E-state index in [0.717, 1.165) is 11.8 Å². The Morgan fingerprint density at radius 3 is 2.32 bits per heavy atom. The van der Waals surface area contributed by atoms with Gasteiger partial charge >= 0.3 is 0 Å². The average Bonchev–Trinajstić information content (AvgIpc) is 2.69. The molecule has 2 N–H and O–H groups in total. The number of sulfone groups is 1. The molecule has 0 saturated carbocycles. The first-order valence-corrected chi connectivity index (χ1v) is 11.7. The topological polar surface area (TPSA) is 92.3 Å². The van der Waals surface area contributed by atoms with E-state index in [0.29, 0.717) is 16.4 Å². The van der Waals surface area contributed by atoms with Gasteiger partial charge in [0.2, 0.25) is 5.91 Å². The van der Waals surface area contributed by atoms with Crippen molar-refractivity contribution in [3.05, 3.63) is 87.9 Å². The summed E-state index contributed by atoms with van der Waals surface area (Å²) in [6.45, 7) is 0. The Morgan fingerprint density at radius 2 is 1.65 bits per heavy atom. The molecule has 31 heavy (non-hydrogen) atoms. The van der Waals surface area contributed by atoms with E-state index >= 15 is 0 Å². The zero-order chi connectivity index (χ0) is 22.6. The van der Waals surface area contributed by atoms with Crippen molar-refractivity contribution in [1.82, 2.24) is 0 Å². The molecule has 160 valence electrons. The van der Waals surface area contributed by atoms with Crippen molar-refractivity contribution in [2.45, 2.75) is 11.3 Å². The zero-order valence-electron chi connectivity index (χ0n) is 16.4. The average molecular weight is 477 g/mol. The van der Waals surface area contributed by atoms with Crippen LogP contribution in [0.4, 0.5) is 11.4 Å². The number of carbonyl (C=O) groups is 2. The molecule has 0 aliphatic heterocycles. The summed E-state index contributed by atoms with van der Waals surface area (Å²) in [5.74, 6) is -0.752. The number of hydrogen-bond donors (Lipinski definition) is 2. The van der Waals surface area contributed by atoms with Crippen molar-refractivity contribution in [1.29, 1.82) is 0 Å². The number of amides is 2. The van der Waals surface area contributed by atoms with Crippen molar-refractivity contribution < 1.29 is 18.0 Å². The van der Waals surface area contributed by atoms with Gasteiger partial charge in [-0.15, -0.1) is 0 Å². The van der Waals surface area contributed by atoms with Crippen LogP contribution in [0.5, 0.6) is 0 Å². The minimum absolute atomic E-state index is 0.0454. The molecule has 0 bridgehead atoms. The van der Waals surface area contributed by atoms with Gasteiger partial charge in [-0.25, -0.2) is 8.42 Å². The van der Waals surface area contributed by atoms with Crippen LogP contribution in [0.2, 0.25) is 10.0 Å². The highest BCUT2D eigenvalue weighted by Crippen LogP contribution is 2.26. The maximum atomic E-state index is 12.5. The highest BCUT2D eigenvalue weighted by Gasteiger charge is 2.14. The van der Waals surface area contributed by atoms with Gasteiger partial charge in [0.1, 0.15) is 0 Å². The molecule has 3 rings (SSSR count). The van der Waals surface area contributed by atoms with Crippen molar-refractivity contribution in [3.63, 3.8) is 0 Å². The molecule has 0 radical (unpaired) electrons. The Kier molecular flexibility index (Phi) is 7.00. The smallest absolute Gasteiger partial charge is 0.255 e. The third-order valence-corrected chi connectivity index (χ3v) is 5.94. The van der Waals surface area contributed by atoms with Gasteiger partial charge in [0, 0.05) is 22.5 Å². The molecule has 0 heterocycles. The standard InChI is InChI=1S/C22H18Cl2N2O4S/c1-31(29,30)18-7-3-5-15(12-18)22(28)26-20-9-8-17(13-19(20)24)25-21(27)11-14-4-2-6-16(23)10-14/h2-10,12-13H,11H2,1H3,(H,25,27)(H,26,28). The fraction of sp³-hybridized carbons (Fsp3) is 0.0909. The molecule has 0 aliphatic carbocycles. The second-order valence-corrected chi connectivity index (χ2v) is 9.66. The van der Waals surface area contributed by atoms with Crippen LogP contribution >= 0.6 is 23.2 Å². The Hall–Kier alpha value is -2.87. The molecule has 0 spiro atoms. The molecule has 2 amide bonds. The quantitative estimate of drug-likeness (QED) is 0.532. The second-order valence-electron chi connectivity index (χ2n) is 6.80. The largest absolute Gasteiger partial charge is 0.326 e. The predicted octanol–water partition coefficient (Wildman–Crippen LogP) is 4.83. The van der Waals surface area contributed by atoms with E-state index in [1.165, 1.54) is 30.3 Å². The Bertz CT molecular complexity index is 1260. The molecular formula is C22H18Cl2N2O4S. The SMILES string of the molecule is CS(=O)(=O)c1cccc(C(=O)Nc2ccc(NC(=O)Cc3cccc(Cl)c3)cc2Cl)c1. The van der Waals surface area contributed by atoms with Crippen LogP contribution < -0.4 is 10.6 Å². The number of nitrogens with one attached hydrogen (secondary N) is 2. The minimum atomic E-state index is -3.44. The molecule has 0 unspecified atom stereocenters. The van der Waals surface area contributed by atoms with Crippen LogP contribution in [0.15, 0.2) is 71.6 Å². The van der Waals surface area contributed by atoms with Crippen LogP contribution in [-0.4, -0.2) is 26.5 Å². The lowest BCUT2D eigenvalue weighted by molar-refractivity contribution is -0.115. The summed E-state index contributed by atoms with van der Waals surface area (Å²) in [7, 11) is -3.44. The van der Waals surface area contributed by atoms with Gasteiger partial charge in [-0.2, -0.15) is 0 Å². The number of rotatable bonds is 6. The number of benzene rings is 3. The second kappa shape index (κ2) is 9.51. The van der Waals surface area contributed by atoms with E-state index in [1.807, 2.05) is 0 Å². The van der Waals surface area contributed by atoms with Gasteiger partial charge in [0.25, 0.3) is 5.91 Å². The van der Waals surface area contributed by atoms with Gasteiger partial charge in [-0.1, -0.05) is 41.4 Å². The summed E-state index contributed by atoms with van der Waals surface area (Å²) in [4.78, 5) is 24.8. The highest BCUT2D eigenvalue weighted by atomic mass is 35.5. The van der Waals surface area contributed by atoms with E-state index < -0.39 is 15.7 Å². The summed E-state index contributed by atoms with van der Waals surface area (Å²) in [5.41, 5.74) is 1.74. The normalized spacial score (nSPS) is 11.1. The maximum Gasteiger partial charge on any atom is 0.255 e. The maximum absolute atomic E-state index is 12.5. The number of halogens is 2. The first kappa shape index (κ1) is 22.8. The fourth-order valence-corrected chi connectivity index (χ4v) is 3.90. The van der Waals surface area contributed by atoms with Crippen LogP contribution in [0.3, 0.4) is 0 Å². The van der Waals surface area contributed by atoms with Gasteiger partial charge < -0.3 is 10.6 Å². The number of hydrogen-bond acceptors (Lipinski definition) is 4. The predicted molar refractivity (Wildman–Crippen MR) is 123 cm³/mol. The zero-order valence-corrected chi connectivity index (χ0v) is 18.7. The molecule has 0 aliphatic rings.